The zero-order valence-electron chi connectivity index (χ0n) is 9.68. The highest BCUT2D eigenvalue weighted by molar-refractivity contribution is 4.58. The molecule has 0 aromatic carbocycles. The SMILES string of the molecule is CCC(N)CCCCCCC(C)C. The molecule has 1 unspecified atom stereocenters. The number of hydrogen-bond acceptors (Lipinski definition) is 1. The van der Waals surface area contributed by atoms with Crippen molar-refractivity contribution in [1.29, 1.82) is 0 Å². The summed E-state index contributed by atoms with van der Waals surface area (Å²) in [5.74, 6) is 0.873. The van der Waals surface area contributed by atoms with Crippen LogP contribution in [0.4, 0.5) is 0 Å². The second-order valence-corrected chi connectivity index (χ2v) is 4.55. The third kappa shape index (κ3) is 9.88. The second-order valence-electron chi connectivity index (χ2n) is 4.55. The van der Waals surface area contributed by atoms with Crippen molar-refractivity contribution in [2.75, 3.05) is 0 Å². The fraction of sp³-hybridized carbons (Fsp3) is 1.00. The van der Waals surface area contributed by atoms with Crippen molar-refractivity contribution in [3.8, 4) is 0 Å². The van der Waals surface area contributed by atoms with E-state index in [1.807, 2.05) is 0 Å². The van der Waals surface area contributed by atoms with Crippen LogP contribution < -0.4 is 5.73 Å². The van der Waals surface area contributed by atoms with Crippen LogP contribution >= 0.6 is 0 Å². The van der Waals surface area contributed by atoms with Crippen LogP contribution in [0.3, 0.4) is 0 Å². The second kappa shape index (κ2) is 8.55. The highest BCUT2D eigenvalue weighted by Crippen LogP contribution is 2.11. The van der Waals surface area contributed by atoms with Gasteiger partial charge in [0, 0.05) is 6.04 Å². The molecular weight excluding hydrogens is 158 g/mol. The molecule has 0 aliphatic carbocycles. The zero-order valence-corrected chi connectivity index (χ0v) is 9.68. The summed E-state index contributed by atoms with van der Waals surface area (Å²) in [6, 6.07) is 0.449. The molecule has 0 bridgehead atoms. The maximum absolute atomic E-state index is 5.84. The maximum Gasteiger partial charge on any atom is 0.00362 e. The van der Waals surface area contributed by atoms with Crippen LogP contribution in [0.15, 0.2) is 0 Å². The lowest BCUT2D eigenvalue weighted by atomic mass is 10.0. The van der Waals surface area contributed by atoms with Crippen LogP contribution in [0.2, 0.25) is 0 Å². The summed E-state index contributed by atoms with van der Waals surface area (Å²) in [6.07, 6.45) is 9.24. The number of unbranched alkanes of at least 4 members (excludes halogenated alkanes) is 3. The molecule has 80 valence electrons. The highest BCUT2D eigenvalue weighted by atomic mass is 14.6. The van der Waals surface area contributed by atoms with Gasteiger partial charge >= 0.3 is 0 Å². The van der Waals surface area contributed by atoms with Gasteiger partial charge in [0.15, 0.2) is 0 Å². The van der Waals surface area contributed by atoms with Crippen LogP contribution in [0.1, 0.15) is 65.7 Å². The molecule has 2 N–H and O–H groups in total. The minimum absolute atomic E-state index is 0.449. The Hall–Kier alpha value is -0.0400. The molecule has 0 heterocycles. The van der Waals surface area contributed by atoms with Gasteiger partial charge < -0.3 is 5.73 Å². The quantitative estimate of drug-likeness (QED) is 0.573. The summed E-state index contributed by atoms with van der Waals surface area (Å²) < 4.78 is 0. The van der Waals surface area contributed by atoms with Gasteiger partial charge in [-0.1, -0.05) is 52.9 Å². The van der Waals surface area contributed by atoms with E-state index >= 15 is 0 Å². The fourth-order valence-corrected chi connectivity index (χ4v) is 1.52. The highest BCUT2D eigenvalue weighted by Gasteiger charge is 1.98. The van der Waals surface area contributed by atoms with Crippen LogP contribution in [0.25, 0.3) is 0 Å². The van der Waals surface area contributed by atoms with Crippen LogP contribution in [-0.4, -0.2) is 6.04 Å². The van der Waals surface area contributed by atoms with Gasteiger partial charge in [0.05, 0.1) is 0 Å². The molecule has 0 aliphatic heterocycles. The molecule has 13 heavy (non-hydrogen) atoms. The van der Waals surface area contributed by atoms with Gasteiger partial charge in [-0.25, -0.2) is 0 Å². The molecule has 0 amide bonds. The van der Waals surface area contributed by atoms with E-state index in [4.69, 9.17) is 5.73 Å². The Morgan fingerprint density at radius 3 is 1.92 bits per heavy atom. The van der Waals surface area contributed by atoms with E-state index in [0.717, 1.165) is 12.3 Å². The fourth-order valence-electron chi connectivity index (χ4n) is 1.52. The first-order chi connectivity index (χ1) is 6.16. The normalized spacial score (nSPS) is 13.6. The summed E-state index contributed by atoms with van der Waals surface area (Å²) in [4.78, 5) is 0. The third-order valence-corrected chi connectivity index (χ3v) is 2.63. The summed E-state index contributed by atoms with van der Waals surface area (Å²) in [5, 5.41) is 0. The predicted molar refractivity (Wildman–Crippen MR) is 60.8 cm³/mol. The predicted octanol–water partition coefficient (Wildman–Crippen LogP) is 3.72. The Morgan fingerprint density at radius 2 is 1.46 bits per heavy atom. The van der Waals surface area contributed by atoms with Crippen molar-refractivity contribution >= 4 is 0 Å². The lowest BCUT2D eigenvalue weighted by Gasteiger charge is -2.08. The van der Waals surface area contributed by atoms with E-state index in [0.29, 0.717) is 6.04 Å². The third-order valence-electron chi connectivity index (χ3n) is 2.63. The number of rotatable bonds is 8. The number of hydrogen-bond donors (Lipinski definition) is 1. The van der Waals surface area contributed by atoms with Gasteiger partial charge in [-0.2, -0.15) is 0 Å². The van der Waals surface area contributed by atoms with Crippen molar-refractivity contribution in [1.82, 2.24) is 0 Å². The molecule has 0 aromatic rings. The van der Waals surface area contributed by atoms with Gasteiger partial charge in [0.2, 0.25) is 0 Å². The number of nitrogens with two attached hydrogens (primary N) is 1. The molecule has 0 aromatic heterocycles. The first-order valence-electron chi connectivity index (χ1n) is 5.92. The molecule has 0 aliphatic rings. The van der Waals surface area contributed by atoms with E-state index in [-0.39, 0.29) is 0 Å². The zero-order chi connectivity index (χ0) is 10.1. The van der Waals surface area contributed by atoms with E-state index in [2.05, 4.69) is 20.8 Å². The summed E-state index contributed by atoms with van der Waals surface area (Å²) >= 11 is 0. The standard InChI is InChI=1S/C12H27N/c1-4-12(13)10-8-6-5-7-9-11(2)3/h11-12H,4-10,13H2,1-3H3. The van der Waals surface area contributed by atoms with Gasteiger partial charge in [-0.3, -0.25) is 0 Å². The van der Waals surface area contributed by atoms with E-state index in [1.165, 1.54) is 38.5 Å². The van der Waals surface area contributed by atoms with Gasteiger partial charge in [0.1, 0.15) is 0 Å². The lowest BCUT2D eigenvalue weighted by molar-refractivity contribution is 0.495. The summed E-state index contributed by atoms with van der Waals surface area (Å²) in [6.45, 7) is 6.77. The lowest BCUT2D eigenvalue weighted by Crippen LogP contribution is -2.17. The van der Waals surface area contributed by atoms with Gasteiger partial charge in [-0.05, 0) is 18.8 Å². The molecule has 0 saturated heterocycles. The average molecular weight is 185 g/mol. The van der Waals surface area contributed by atoms with Crippen LogP contribution in [-0.2, 0) is 0 Å². The van der Waals surface area contributed by atoms with E-state index < -0.39 is 0 Å². The Morgan fingerprint density at radius 1 is 0.923 bits per heavy atom. The van der Waals surface area contributed by atoms with Crippen molar-refractivity contribution in [2.24, 2.45) is 11.7 Å². The topological polar surface area (TPSA) is 26.0 Å². The van der Waals surface area contributed by atoms with Crippen molar-refractivity contribution in [2.45, 2.75) is 71.8 Å². The summed E-state index contributed by atoms with van der Waals surface area (Å²) in [7, 11) is 0. The Kier molecular flexibility index (Phi) is 8.53. The molecule has 0 spiro atoms. The average Bonchev–Trinajstić information content (AvgIpc) is 2.10. The molecule has 1 heteroatoms. The minimum Gasteiger partial charge on any atom is -0.328 e. The van der Waals surface area contributed by atoms with E-state index in [9.17, 15) is 0 Å². The Bertz CT molecular complexity index is 99.3. The first kappa shape index (κ1) is 13.0. The van der Waals surface area contributed by atoms with Gasteiger partial charge in [0.25, 0.3) is 0 Å². The van der Waals surface area contributed by atoms with Crippen LogP contribution in [0, 0.1) is 5.92 Å². The van der Waals surface area contributed by atoms with Crippen molar-refractivity contribution in [3.05, 3.63) is 0 Å². The molecule has 0 fully saturated rings. The molecular formula is C12H27N. The maximum atomic E-state index is 5.84. The smallest absolute Gasteiger partial charge is 0.00362 e. The molecule has 0 rings (SSSR count). The molecule has 1 nitrogen and oxygen atoms in total. The Balaban J connectivity index is 2.99. The van der Waals surface area contributed by atoms with Gasteiger partial charge in [-0.15, -0.1) is 0 Å². The molecule has 0 radical (unpaired) electrons. The largest absolute Gasteiger partial charge is 0.328 e. The molecule has 0 saturated carbocycles. The van der Waals surface area contributed by atoms with Crippen LogP contribution in [0.5, 0.6) is 0 Å². The minimum atomic E-state index is 0.449. The monoisotopic (exact) mass is 185 g/mol. The summed E-state index contributed by atoms with van der Waals surface area (Å²) in [5.41, 5.74) is 5.84. The Labute approximate surface area is 84.1 Å². The first-order valence-corrected chi connectivity index (χ1v) is 5.92. The van der Waals surface area contributed by atoms with E-state index in [1.54, 1.807) is 0 Å². The molecule has 1 atom stereocenters. The van der Waals surface area contributed by atoms with Crippen molar-refractivity contribution in [3.63, 3.8) is 0 Å². The van der Waals surface area contributed by atoms with Crippen molar-refractivity contribution < 1.29 is 0 Å².